The van der Waals surface area contributed by atoms with Crippen LogP contribution in [0.1, 0.15) is 89.4 Å². The number of aliphatic hydroxyl groups excluding tert-OH is 1. The van der Waals surface area contributed by atoms with Crippen molar-refractivity contribution in [1.29, 1.82) is 0 Å². The molecule has 1 aromatic carbocycles. The second-order valence-corrected chi connectivity index (χ2v) is 14.4. The predicted molar refractivity (Wildman–Crippen MR) is 167 cm³/mol. The fourth-order valence-corrected chi connectivity index (χ4v) is 6.71. The number of sulfonamides is 1. The Labute approximate surface area is 254 Å². The van der Waals surface area contributed by atoms with Gasteiger partial charge in [0.05, 0.1) is 23.0 Å². The van der Waals surface area contributed by atoms with E-state index >= 15 is 0 Å². The first kappa shape index (κ1) is 37.6. The molecule has 1 aromatic rings. The van der Waals surface area contributed by atoms with Crippen molar-refractivity contribution in [3.05, 3.63) is 29.8 Å². The number of amides is 1. The Morgan fingerprint density at radius 1 is 1.10 bits per heavy atom. The highest BCUT2D eigenvalue weighted by Crippen LogP contribution is 2.37. The molecule has 0 aromatic heterocycles. The SMILES string of the molecule is COCCCCOc1ccccc1C(=O)NC[C@@H](C[C@H](N)[C@@H](O)CNS(=O)(=O)C(C)(C)C1CCCCC1)C(C)C.Cl. The minimum atomic E-state index is -3.64. The van der Waals surface area contributed by atoms with E-state index in [0.717, 1.165) is 44.9 Å². The predicted octanol–water partition coefficient (Wildman–Crippen LogP) is 4.27. The van der Waals surface area contributed by atoms with Crippen LogP contribution < -0.4 is 20.5 Å². The van der Waals surface area contributed by atoms with Crippen LogP contribution >= 0.6 is 12.4 Å². The summed E-state index contributed by atoms with van der Waals surface area (Å²) in [5.41, 5.74) is 6.81. The molecule has 1 fully saturated rings. The number of carbonyl (C=O) groups is 1. The molecular weight excluding hydrogens is 566 g/mol. The van der Waals surface area contributed by atoms with Crippen LogP contribution in [0.25, 0.3) is 0 Å². The summed E-state index contributed by atoms with van der Waals surface area (Å²) in [6.07, 6.45) is 6.17. The maximum Gasteiger partial charge on any atom is 0.255 e. The minimum absolute atomic E-state index is 0. The number of methoxy groups -OCH3 is 1. The zero-order valence-electron chi connectivity index (χ0n) is 25.6. The second-order valence-electron chi connectivity index (χ2n) is 12.0. The molecular formula is C30H54ClN3O6S. The molecule has 0 radical (unpaired) electrons. The Hall–Kier alpha value is -1.43. The number of hydrogen-bond acceptors (Lipinski definition) is 7. The number of carbonyl (C=O) groups excluding carboxylic acids is 1. The highest BCUT2D eigenvalue weighted by molar-refractivity contribution is 7.90. The molecule has 0 unspecified atom stereocenters. The summed E-state index contributed by atoms with van der Waals surface area (Å²) in [5, 5.41) is 13.8. The lowest BCUT2D eigenvalue weighted by Crippen LogP contribution is -2.52. The van der Waals surface area contributed by atoms with E-state index < -0.39 is 26.9 Å². The van der Waals surface area contributed by atoms with Crippen molar-refractivity contribution in [3.8, 4) is 5.75 Å². The van der Waals surface area contributed by atoms with Gasteiger partial charge in [0.1, 0.15) is 5.75 Å². The molecule has 1 aliphatic rings. The molecule has 0 aliphatic heterocycles. The van der Waals surface area contributed by atoms with Crippen LogP contribution in [-0.2, 0) is 14.8 Å². The van der Waals surface area contributed by atoms with Gasteiger partial charge < -0.3 is 25.6 Å². The molecule has 0 spiro atoms. The third-order valence-electron chi connectivity index (χ3n) is 8.43. The normalized spacial score (nSPS) is 17.0. The number of para-hydroxylation sites is 1. The summed E-state index contributed by atoms with van der Waals surface area (Å²) >= 11 is 0. The Kier molecular flexibility index (Phi) is 16.8. The second kappa shape index (κ2) is 18.3. The van der Waals surface area contributed by atoms with Gasteiger partial charge in [-0.1, -0.05) is 45.2 Å². The number of hydrogen-bond donors (Lipinski definition) is 4. The van der Waals surface area contributed by atoms with Gasteiger partial charge in [-0.15, -0.1) is 12.4 Å². The van der Waals surface area contributed by atoms with Crippen molar-refractivity contribution in [2.75, 3.05) is 33.4 Å². The van der Waals surface area contributed by atoms with E-state index in [1.54, 1.807) is 39.2 Å². The van der Waals surface area contributed by atoms with Crippen LogP contribution in [0.5, 0.6) is 5.75 Å². The standard InChI is InChI=1S/C30H53N3O6S.ClH/c1-22(2)23(20-32-29(35)25-15-9-10-16-28(25)39-18-12-11-17-38-5)19-26(31)27(34)21-33-40(36,37)30(3,4)24-13-7-6-8-14-24;/h9-10,15-16,22-24,26-27,33-34H,6-8,11-14,17-21,31H2,1-5H3,(H,32,35);1H/t23-,26+,27+;/m1./s1. The molecule has 0 bridgehead atoms. The number of unbranched alkanes of at least 4 members (excludes halogenated alkanes) is 1. The molecule has 0 heterocycles. The summed E-state index contributed by atoms with van der Waals surface area (Å²) in [7, 11) is -1.98. The van der Waals surface area contributed by atoms with Gasteiger partial charge in [0.25, 0.3) is 5.91 Å². The van der Waals surface area contributed by atoms with Crippen molar-refractivity contribution in [2.45, 2.75) is 96.0 Å². The van der Waals surface area contributed by atoms with E-state index in [4.69, 9.17) is 15.2 Å². The van der Waals surface area contributed by atoms with Crippen LogP contribution in [0.3, 0.4) is 0 Å². The van der Waals surface area contributed by atoms with Crippen LogP contribution in [0, 0.1) is 17.8 Å². The Balaban J connectivity index is 0.00000840. The highest BCUT2D eigenvalue weighted by Gasteiger charge is 2.42. The van der Waals surface area contributed by atoms with Gasteiger partial charge >= 0.3 is 0 Å². The third-order valence-corrected chi connectivity index (χ3v) is 10.7. The van der Waals surface area contributed by atoms with Crippen LogP contribution in [-0.4, -0.2) is 69.7 Å². The first-order valence-corrected chi connectivity index (χ1v) is 16.3. The Morgan fingerprint density at radius 3 is 2.37 bits per heavy atom. The average Bonchev–Trinajstić information content (AvgIpc) is 2.94. The third kappa shape index (κ3) is 11.6. The van der Waals surface area contributed by atoms with E-state index in [1.807, 2.05) is 19.9 Å². The summed E-state index contributed by atoms with van der Waals surface area (Å²) < 4.78 is 38.9. The molecule has 1 aliphatic carbocycles. The lowest BCUT2D eigenvalue weighted by Gasteiger charge is -2.36. The summed E-state index contributed by atoms with van der Waals surface area (Å²) in [5.74, 6) is 0.586. The Bertz CT molecular complexity index is 1000. The van der Waals surface area contributed by atoms with Crippen molar-refractivity contribution < 1.29 is 27.8 Å². The fourth-order valence-electron chi connectivity index (χ4n) is 5.28. The largest absolute Gasteiger partial charge is 0.493 e. The van der Waals surface area contributed by atoms with E-state index in [2.05, 4.69) is 10.0 Å². The van der Waals surface area contributed by atoms with E-state index in [9.17, 15) is 18.3 Å². The van der Waals surface area contributed by atoms with Crippen molar-refractivity contribution in [1.82, 2.24) is 10.0 Å². The molecule has 5 N–H and O–H groups in total. The number of ether oxygens (including phenoxy) is 2. The molecule has 41 heavy (non-hydrogen) atoms. The van der Waals surface area contributed by atoms with Gasteiger partial charge in [0.2, 0.25) is 10.0 Å². The summed E-state index contributed by atoms with van der Waals surface area (Å²) in [4.78, 5) is 13.0. The van der Waals surface area contributed by atoms with Crippen LogP contribution in [0.2, 0.25) is 0 Å². The topological polar surface area (TPSA) is 140 Å². The number of halogens is 1. The van der Waals surface area contributed by atoms with Gasteiger partial charge in [-0.05, 0) is 75.8 Å². The summed E-state index contributed by atoms with van der Waals surface area (Å²) in [6, 6.07) is 6.51. The van der Waals surface area contributed by atoms with Gasteiger partial charge in [-0.2, -0.15) is 0 Å². The van der Waals surface area contributed by atoms with Gasteiger partial charge in [-0.25, -0.2) is 13.1 Å². The average molecular weight is 620 g/mol. The zero-order valence-corrected chi connectivity index (χ0v) is 27.2. The number of rotatable bonds is 18. The smallest absolute Gasteiger partial charge is 0.255 e. The number of aliphatic hydroxyl groups is 1. The molecule has 9 nitrogen and oxygen atoms in total. The maximum absolute atomic E-state index is 13.1. The van der Waals surface area contributed by atoms with E-state index in [0.29, 0.717) is 37.5 Å². The number of nitrogens with one attached hydrogen (secondary N) is 2. The molecule has 2 rings (SSSR count). The van der Waals surface area contributed by atoms with Gasteiger partial charge in [-0.3, -0.25) is 4.79 Å². The monoisotopic (exact) mass is 619 g/mol. The quantitative estimate of drug-likeness (QED) is 0.180. The summed E-state index contributed by atoms with van der Waals surface area (Å²) in [6.45, 7) is 9.05. The first-order chi connectivity index (χ1) is 18.9. The number of benzene rings is 1. The minimum Gasteiger partial charge on any atom is -0.493 e. The number of nitrogens with two attached hydrogens (primary N) is 1. The van der Waals surface area contributed by atoms with Crippen molar-refractivity contribution >= 4 is 28.3 Å². The lowest BCUT2D eigenvalue weighted by molar-refractivity contribution is 0.0928. The zero-order chi connectivity index (χ0) is 29.8. The van der Waals surface area contributed by atoms with E-state index in [-0.39, 0.29) is 42.6 Å². The van der Waals surface area contributed by atoms with E-state index in [1.165, 1.54) is 0 Å². The molecule has 1 amide bonds. The highest BCUT2D eigenvalue weighted by atomic mass is 35.5. The van der Waals surface area contributed by atoms with Crippen LogP contribution in [0.15, 0.2) is 24.3 Å². The van der Waals surface area contributed by atoms with Crippen LogP contribution in [0.4, 0.5) is 0 Å². The first-order valence-electron chi connectivity index (χ1n) is 14.8. The molecule has 238 valence electrons. The molecule has 1 saturated carbocycles. The van der Waals surface area contributed by atoms with Gasteiger partial charge in [0, 0.05) is 32.8 Å². The molecule has 11 heteroatoms. The maximum atomic E-state index is 13.1. The fraction of sp³-hybridized carbons (Fsp3) is 0.767. The van der Waals surface area contributed by atoms with Gasteiger partial charge in [0.15, 0.2) is 0 Å². The lowest BCUT2D eigenvalue weighted by atomic mass is 9.81. The Morgan fingerprint density at radius 2 is 1.73 bits per heavy atom. The van der Waals surface area contributed by atoms with Crippen molar-refractivity contribution in [2.24, 2.45) is 23.5 Å². The van der Waals surface area contributed by atoms with Crippen molar-refractivity contribution in [3.63, 3.8) is 0 Å². The molecule has 0 saturated heterocycles. The molecule has 3 atom stereocenters.